The van der Waals surface area contributed by atoms with E-state index in [4.69, 9.17) is 5.73 Å². The predicted molar refractivity (Wildman–Crippen MR) is 83.5 cm³/mol. The van der Waals surface area contributed by atoms with E-state index < -0.39 is 0 Å². The van der Waals surface area contributed by atoms with Crippen LogP contribution in [0.1, 0.15) is 43.5 Å². The lowest BCUT2D eigenvalue weighted by Crippen LogP contribution is -2.38. The molecule has 0 aromatic heterocycles. The fourth-order valence-corrected chi connectivity index (χ4v) is 2.88. The predicted octanol–water partition coefficient (Wildman–Crippen LogP) is 3.48. The van der Waals surface area contributed by atoms with Gasteiger partial charge in [0, 0.05) is 24.3 Å². The Bertz CT molecular complexity index is 499. The van der Waals surface area contributed by atoms with Crippen molar-refractivity contribution in [3.05, 3.63) is 41.5 Å². The Hall–Kier alpha value is -1.77. The molecular weight excluding hydrogens is 248 g/mol. The number of piperidine rings is 1. The number of anilines is 1. The molecule has 2 rings (SSSR count). The van der Waals surface area contributed by atoms with Crippen molar-refractivity contribution in [2.24, 2.45) is 5.92 Å². The Labute approximate surface area is 121 Å². The van der Waals surface area contributed by atoms with E-state index in [1.54, 1.807) is 6.07 Å². The first-order valence-corrected chi connectivity index (χ1v) is 7.43. The quantitative estimate of drug-likeness (QED) is 0.676. The minimum absolute atomic E-state index is 0.105. The zero-order valence-corrected chi connectivity index (χ0v) is 12.4. The van der Waals surface area contributed by atoms with E-state index in [1.165, 1.54) is 5.57 Å². The van der Waals surface area contributed by atoms with E-state index in [9.17, 15) is 4.79 Å². The van der Waals surface area contributed by atoms with E-state index in [0.29, 0.717) is 17.2 Å². The maximum atomic E-state index is 12.4. The summed E-state index contributed by atoms with van der Waals surface area (Å²) >= 11 is 0. The molecule has 0 saturated carbocycles. The van der Waals surface area contributed by atoms with Crippen molar-refractivity contribution >= 4 is 11.6 Å². The molecule has 0 spiro atoms. The molecule has 0 bridgehead atoms. The summed E-state index contributed by atoms with van der Waals surface area (Å²) in [5, 5.41) is 0. The number of benzene rings is 1. The minimum atomic E-state index is 0.105. The van der Waals surface area contributed by atoms with Gasteiger partial charge in [-0.1, -0.05) is 24.6 Å². The second-order valence-electron chi connectivity index (χ2n) is 5.55. The number of carbonyl (C=O) groups excluding carboxylic acids is 1. The summed E-state index contributed by atoms with van der Waals surface area (Å²) in [7, 11) is 0. The molecule has 3 nitrogen and oxygen atoms in total. The molecule has 0 radical (unpaired) electrons. The molecule has 1 aliphatic heterocycles. The molecule has 0 atom stereocenters. The van der Waals surface area contributed by atoms with Gasteiger partial charge >= 0.3 is 0 Å². The second-order valence-corrected chi connectivity index (χ2v) is 5.55. The van der Waals surface area contributed by atoms with Crippen molar-refractivity contribution in [1.82, 2.24) is 4.90 Å². The van der Waals surface area contributed by atoms with Crippen LogP contribution in [0, 0.1) is 5.92 Å². The number of hydrogen-bond acceptors (Lipinski definition) is 2. The summed E-state index contributed by atoms with van der Waals surface area (Å²) in [6.07, 6.45) is 5.53. The van der Waals surface area contributed by atoms with Gasteiger partial charge in [0.25, 0.3) is 5.91 Å². The van der Waals surface area contributed by atoms with Crippen LogP contribution in [-0.4, -0.2) is 23.9 Å². The monoisotopic (exact) mass is 272 g/mol. The molecular formula is C17H24N2O. The largest absolute Gasteiger partial charge is 0.399 e. The number of nitrogen functional groups attached to an aromatic ring is 1. The third-order valence-electron chi connectivity index (χ3n) is 4.09. The Morgan fingerprint density at radius 3 is 2.70 bits per heavy atom. The van der Waals surface area contributed by atoms with Crippen LogP contribution in [0.15, 0.2) is 35.9 Å². The van der Waals surface area contributed by atoms with Crippen LogP contribution >= 0.6 is 0 Å². The van der Waals surface area contributed by atoms with Crippen molar-refractivity contribution in [2.75, 3.05) is 18.8 Å². The first-order valence-electron chi connectivity index (χ1n) is 7.43. The maximum Gasteiger partial charge on any atom is 0.253 e. The first kappa shape index (κ1) is 14.6. The maximum absolute atomic E-state index is 12.4. The summed E-state index contributed by atoms with van der Waals surface area (Å²) in [5.41, 5.74) is 8.56. The second kappa shape index (κ2) is 6.60. The third kappa shape index (κ3) is 3.41. The van der Waals surface area contributed by atoms with Gasteiger partial charge in [-0.05, 0) is 50.3 Å². The highest BCUT2D eigenvalue weighted by Crippen LogP contribution is 2.25. The van der Waals surface area contributed by atoms with Crippen LogP contribution < -0.4 is 5.73 Å². The number of allylic oxidation sites excluding steroid dienone is 2. The number of carbonyl (C=O) groups is 1. The van der Waals surface area contributed by atoms with Crippen molar-refractivity contribution in [3.63, 3.8) is 0 Å². The average Bonchev–Trinajstić information content (AvgIpc) is 2.47. The highest BCUT2D eigenvalue weighted by Gasteiger charge is 2.24. The molecule has 1 aromatic rings. The van der Waals surface area contributed by atoms with Gasteiger partial charge in [0.05, 0.1) is 0 Å². The molecule has 1 aliphatic rings. The number of hydrogen-bond donors (Lipinski definition) is 1. The number of amides is 1. The zero-order chi connectivity index (χ0) is 14.5. The highest BCUT2D eigenvalue weighted by molar-refractivity contribution is 5.95. The molecule has 2 N–H and O–H groups in total. The smallest absolute Gasteiger partial charge is 0.253 e. The SMILES string of the molecule is CC/C=C(\C)C1CCN(C(=O)c2cccc(N)c2)CC1. The lowest BCUT2D eigenvalue weighted by molar-refractivity contribution is 0.0702. The summed E-state index contributed by atoms with van der Waals surface area (Å²) in [4.78, 5) is 14.4. The van der Waals surface area contributed by atoms with Gasteiger partial charge in [0.15, 0.2) is 0 Å². The van der Waals surface area contributed by atoms with E-state index in [0.717, 1.165) is 32.4 Å². The Kier molecular flexibility index (Phi) is 4.83. The average molecular weight is 272 g/mol. The molecule has 0 aliphatic carbocycles. The lowest BCUT2D eigenvalue weighted by atomic mass is 9.89. The van der Waals surface area contributed by atoms with Crippen molar-refractivity contribution in [3.8, 4) is 0 Å². The van der Waals surface area contributed by atoms with Gasteiger partial charge in [0.1, 0.15) is 0 Å². The number of nitrogens with zero attached hydrogens (tertiary/aromatic N) is 1. The summed E-state index contributed by atoms with van der Waals surface area (Å²) < 4.78 is 0. The Balaban J connectivity index is 1.97. The van der Waals surface area contributed by atoms with Crippen LogP contribution in [-0.2, 0) is 0 Å². The van der Waals surface area contributed by atoms with Crippen molar-refractivity contribution in [1.29, 1.82) is 0 Å². The van der Waals surface area contributed by atoms with Gasteiger partial charge in [-0.15, -0.1) is 0 Å². The highest BCUT2D eigenvalue weighted by atomic mass is 16.2. The number of rotatable bonds is 3. The van der Waals surface area contributed by atoms with Crippen molar-refractivity contribution in [2.45, 2.75) is 33.1 Å². The molecule has 1 saturated heterocycles. The molecule has 20 heavy (non-hydrogen) atoms. The fourth-order valence-electron chi connectivity index (χ4n) is 2.88. The van der Waals surface area contributed by atoms with E-state index in [-0.39, 0.29) is 5.91 Å². The molecule has 1 aromatic carbocycles. The number of nitrogens with two attached hydrogens (primary N) is 1. The summed E-state index contributed by atoms with van der Waals surface area (Å²) in [6.45, 7) is 6.06. The van der Waals surface area contributed by atoms with Gasteiger partial charge in [-0.2, -0.15) is 0 Å². The third-order valence-corrected chi connectivity index (χ3v) is 4.09. The van der Waals surface area contributed by atoms with Crippen LogP contribution in [0.5, 0.6) is 0 Å². The number of likely N-dealkylation sites (tertiary alicyclic amines) is 1. The molecule has 108 valence electrons. The lowest BCUT2D eigenvalue weighted by Gasteiger charge is -2.32. The van der Waals surface area contributed by atoms with E-state index >= 15 is 0 Å². The zero-order valence-electron chi connectivity index (χ0n) is 12.4. The molecule has 1 fully saturated rings. The van der Waals surface area contributed by atoms with Crippen LogP contribution in [0.2, 0.25) is 0 Å². The van der Waals surface area contributed by atoms with Gasteiger partial charge < -0.3 is 10.6 Å². The summed E-state index contributed by atoms with van der Waals surface area (Å²) in [5.74, 6) is 0.743. The summed E-state index contributed by atoms with van der Waals surface area (Å²) in [6, 6.07) is 7.25. The Morgan fingerprint density at radius 2 is 2.10 bits per heavy atom. The molecule has 1 amide bonds. The van der Waals surface area contributed by atoms with E-state index in [1.807, 2.05) is 23.1 Å². The normalized spacial score (nSPS) is 17.3. The van der Waals surface area contributed by atoms with Crippen molar-refractivity contribution < 1.29 is 4.79 Å². The van der Waals surface area contributed by atoms with Gasteiger partial charge in [0.2, 0.25) is 0 Å². The Morgan fingerprint density at radius 1 is 1.40 bits per heavy atom. The first-order chi connectivity index (χ1) is 9.61. The van der Waals surface area contributed by atoms with Crippen LogP contribution in [0.3, 0.4) is 0 Å². The fraction of sp³-hybridized carbons (Fsp3) is 0.471. The minimum Gasteiger partial charge on any atom is -0.399 e. The van der Waals surface area contributed by atoms with Crippen LogP contribution in [0.25, 0.3) is 0 Å². The standard InChI is InChI=1S/C17H24N2O/c1-3-5-13(2)14-8-10-19(11-9-14)17(20)15-6-4-7-16(18)12-15/h4-7,12,14H,3,8-11,18H2,1-2H3/b13-5+. The molecule has 1 heterocycles. The van der Waals surface area contributed by atoms with E-state index in [2.05, 4.69) is 19.9 Å². The molecule has 0 unspecified atom stereocenters. The topological polar surface area (TPSA) is 46.3 Å². The van der Waals surface area contributed by atoms with Gasteiger partial charge in [-0.25, -0.2) is 0 Å². The van der Waals surface area contributed by atoms with Gasteiger partial charge in [-0.3, -0.25) is 4.79 Å². The molecule has 3 heteroatoms. The van der Waals surface area contributed by atoms with Crippen LogP contribution in [0.4, 0.5) is 5.69 Å².